The topological polar surface area (TPSA) is 81.5 Å². The Hall–Kier alpha value is -2.34. The highest BCUT2D eigenvalue weighted by Gasteiger charge is 2.04. The second-order valence-corrected chi connectivity index (χ2v) is 5.93. The van der Waals surface area contributed by atoms with E-state index in [0.29, 0.717) is 10.9 Å². The van der Waals surface area contributed by atoms with Crippen LogP contribution in [0.15, 0.2) is 47.5 Å². The Labute approximate surface area is 133 Å². The number of nitro groups is 1. The van der Waals surface area contributed by atoms with Gasteiger partial charge in [-0.2, -0.15) is 0 Å². The molecule has 0 amide bonds. The van der Waals surface area contributed by atoms with E-state index in [1.54, 1.807) is 12.1 Å². The summed E-state index contributed by atoms with van der Waals surface area (Å²) in [6.07, 6.45) is 0. The normalized spacial score (nSPS) is 11.5. The van der Waals surface area contributed by atoms with Gasteiger partial charge in [-0.25, -0.2) is 4.99 Å². The van der Waals surface area contributed by atoms with Crippen LogP contribution in [0.5, 0.6) is 0 Å². The zero-order valence-corrected chi connectivity index (χ0v) is 13.3. The molecule has 0 saturated heterocycles. The minimum atomic E-state index is -0.410. The van der Waals surface area contributed by atoms with Crippen molar-refractivity contribution in [1.82, 2.24) is 0 Å². The molecule has 0 aliphatic heterocycles. The van der Waals surface area contributed by atoms with Gasteiger partial charge in [0.25, 0.3) is 5.69 Å². The van der Waals surface area contributed by atoms with Crippen LogP contribution < -0.4 is 5.73 Å². The molecule has 2 aromatic rings. The molecule has 6 heteroatoms. The van der Waals surface area contributed by atoms with Crippen molar-refractivity contribution in [2.75, 3.05) is 0 Å². The summed E-state index contributed by atoms with van der Waals surface area (Å²) in [6, 6.07) is 12.4. The number of nitrogens with zero attached hydrogens (tertiary/aromatic N) is 2. The van der Waals surface area contributed by atoms with Gasteiger partial charge in [-0.05, 0) is 42.7 Å². The van der Waals surface area contributed by atoms with E-state index < -0.39 is 4.92 Å². The minimum absolute atomic E-state index is 0.0884. The fourth-order valence-electron chi connectivity index (χ4n) is 1.83. The molecule has 0 heterocycles. The van der Waals surface area contributed by atoms with Gasteiger partial charge in [-0.15, -0.1) is 0 Å². The van der Waals surface area contributed by atoms with Crippen molar-refractivity contribution in [1.29, 1.82) is 0 Å². The van der Waals surface area contributed by atoms with Gasteiger partial charge in [0.15, 0.2) is 5.17 Å². The lowest BCUT2D eigenvalue weighted by atomic mass is 10.1. The highest BCUT2D eigenvalue weighted by molar-refractivity contribution is 8.13. The number of aliphatic imine (C=N–C) groups is 1. The molecule has 22 heavy (non-hydrogen) atoms. The van der Waals surface area contributed by atoms with Crippen LogP contribution in [0.1, 0.15) is 16.7 Å². The van der Waals surface area contributed by atoms with Crippen molar-refractivity contribution in [2.45, 2.75) is 19.6 Å². The van der Waals surface area contributed by atoms with Gasteiger partial charge in [-0.1, -0.05) is 30.0 Å². The van der Waals surface area contributed by atoms with E-state index in [1.165, 1.54) is 35.0 Å². The SMILES string of the molecule is Cc1ccc(N=C(N)SCc2ccc([N+](=O)[O-])cc2)cc1C. The van der Waals surface area contributed by atoms with Gasteiger partial charge in [0.2, 0.25) is 0 Å². The molecule has 0 radical (unpaired) electrons. The van der Waals surface area contributed by atoms with Gasteiger partial charge in [0.05, 0.1) is 10.6 Å². The summed E-state index contributed by atoms with van der Waals surface area (Å²) in [5, 5.41) is 11.1. The maximum Gasteiger partial charge on any atom is 0.269 e. The molecule has 114 valence electrons. The van der Waals surface area contributed by atoms with Gasteiger partial charge in [0, 0.05) is 17.9 Å². The molecule has 5 nitrogen and oxygen atoms in total. The number of nitrogens with two attached hydrogens (primary N) is 1. The molecule has 2 aromatic carbocycles. The molecular formula is C16H17N3O2S. The Morgan fingerprint density at radius 3 is 2.45 bits per heavy atom. The summed E-state index contributed by atoms with van der Waals surface area (Å²) < 4.78 is 0. The third-order valence-electron chi connectivity index (χ3n) is 3.26. The lowest BCUT2D eigenvalue weighted by Gasteiger charge is -2.04. The second kappa shape index (κ2) is 7.09. The number of benzene rings is 2. The van der Waals surface area contributed by atoms with Crippen molar-refractivity contribution in [3.63, 3.8) is 0 Å². The fraction of sp³-hybridized carbons (Fsp3) is 0.188. The van der Waals surface area contributed by atoms with E-state index >= 15 is 0 Å². The number of rotatable bonds is 4. The molecule has 0 unspecified atom stereocenters. The van der Waals surface area contributed by atoms with E-state index in [2.05, 4.69) is 11.9 Å². The average molecular weight is 315 g/mol. The molecule has 0 atom stereocenters. The van der Waals surface area contributed by atoms with Crippen LogP contribution in [-0.2, 0) is 5.75 Å². The molecule has 0 saturated carbocycles. The lowest BCUT2D eigenvalue weighted by Crippen LogP contribution is -2.06. The average Bonchev–Trinajstić information content (AvgIpc) is 2.49. The highest BCUT2D eigenvalue weighted by Crippen LogP contribution is 2.21. The van der Waals surface area contributed by atoms with Crippen LogP contribution in [0, 0.1) is 24.0 Å². The van der Waals surface area contributed by atoms with Crippen LogP contribution in [0.25, 0.3) is 0 Å². The number of non-ortho nitro benzene ring substituents is 1. The van der Waals surface area contributed by atoms with Crippen LogP contribution in [0.2, 0.25) is 0 Å². The van der Waals surface area contributed by atoms with E-state index in [9.17, 15) is 10.1 Å². The molecule has 0 bridgehead atoms. The maximum atomic E-state index is 10.6. The van der Waals surface area contributed by atoms with Crippen molar-refractivity contribution in [3.8, 4) is 0 Å². The zero-order chi connectivity index (χ0) is 16.1. The van der Waals surface area contributed by atoms with Crippen LogP contribution >= 0.6 is 11.8 Å². The second-order valence-electron chi connectivity index (χ2n) is 4.93. The van der Waals surface area contributed by atoms with Crippen molar-refractivity contribution in [3.05, 3.63) is 69.3 Å². The van der Waals surface area contributed by atoms with E-state index in [0.717, 1.165) is 11.3 Å². The van der Waals surface area contributed by atoms with Crippen LogP contribution in [0.4, 0.5) is 11.4 Å². The van der Waals surface area contributed by atoms with E-state index in [4.69, 9.17) is 5.73 Å². The molecule has 2 N–H and O–H groups in total. The molecule has 2 rings (SSSR count). The summed E-state index contributed by atoms with van der Waals surface area (Å²) >= 11 is 1.41. The molecule has 0 aromatic heterocycles. The van der Waals surface area contributed by atoms with Gasteiger partial charge in [-0.3, -0.25) is 10.1 Å². The van der Waals surface area contributed by atoms with Crippen molar-refractivity contribution >= 4 is 28.3 Å². The highest BCUT2D eigenvalue weighted by atomic mass is 32.2. The lowest BCUT2D eigenvalue weighted by molar-refractivity contribution is -0.384. The first-order valence-electron chi connectivity index (χ1n) is 6.73. The number of hydrogen-bond donors (Lipinski definition) is 1. The monoisotopic (exact) mass is 315 g/mol. The zero-order valence-electron chi connectivity index (χ0n) is 12.4. The molecular weight excluding hydrogens is 298 g/mol. The predicted octanol–water partition coefficient (Wildman–Crippen LogP) is 4.09. The first-order chi connectivity index (χ1) is 10.5. The number of nitro benzene ring substituents is 1. The number of hydrogen-bond acceptors (Lipinski definition) is 4. The first-order valence-corrected chi connectivity index (χ1v) is 7.72. The number of aryl methyl sites for hydroxylation is 2. The number of amidine groups is 1. The van der Waals surface area contributed by atoms with E-state index in [1.807, 2.05) is 25.1 Å². The summed E-state index contributed by atoms with van der Waals surface area (Å²) in [4.78, 5) is 14.6. The number of thioether (sulfide) groups is 1. The van der Waals surface area contributed by atoms with Gasteiger partial charge >= 0.3 is 0 Å². The Morgan fingerprint density at radius 1 is 1.18 bits per heavy atom. The standard InChI is InChI=1S/C16H17N3O2S/c1-11-3-6-14(9-12(11)2)18-16(17)22-10-13-4-7-15(8-5-13)19(20)21/h3-9H,10H2,1-2H3,(H2,17,18). The van der Waals surface area contributed by atoms with Gasteiger partial charge in [0.1, 0.15) is 0 Å². The Balaban J connectivity index is 1.99. The smallest absolute Gasteiger partial charge is 0.269 e. The minimum Gasteiger partial charge on any atom is -0.378 e. The third kappa shape index (κ3) is 4.33. The van der Waals surface area contributed by atoms with Gasteiger partial charge < -0.3 is 5.73 Å². The largest absolute Gasteiger partial charge is 0.378 e. The predicted molar refractivity (Wildman–Crippen MR) is 91.6 cm³/mol. The summed E-state index contributed by atoms with van der Waals surface area (Å²) in [5.74, 6) is 0.623. The Bertz CT molecular complexity index is 712. The molecule has 0 spiro atoms. The molecule has 0 fully saturated rings. The first kappa shape index (κ1) is 16.0. The summed E-state index contributed by atoms with van der Waals surface area (Å²) in [5.41, 5.74) is 10.2. The molecule has 0 aliphatic carbocycles. The van der Waals surface area contributed by atoms with E-state index in [-0.39, 0.29) is 5.69 Å². The fourth-order valence-corrected chi connectivity index (χ4v) is 2.50. The summed E-state index contributed by atoms with van der Waals surface area (Å²) in [6.45, 7) is 4.09. The maximum absolute atomic E-state index is 10.6. The Kier molecular flexibility index (Phi) is 5.16. The molecule has 0 aliphatic rings. The van der Waals surface area contributed by atoms with Crippen molar-refractivity contribution in [2.24, 2.45) is 10.7 Å². The van der Waals surface area contributed by atoms with Crippen LogP contribution in [-0.4, -0.2) is 10.1 Å². The third-order valence-corrected chi connectivity index (χ3v) is 4.13. The van der Waals surface area contributed by atoms with Crippen LogP contribution in [0.3, 0.4) is 0 Å². The van der Waals surface area contributed by atoms with Crippen molar-refractivity contribution < 1.29 is 4.92 Å². The quantitative estimate of drug-likeness (QED) is 0.399. The Morgan fingerprint density at radius 2 is 1.86 bits per heavy atom. The summed E-state index contributed by atoms with van der Waals surface area (Å²) in [7, 11) is 0.